The molecule has 0 radical (unpaired) electrons. The third-order valence-corrected chi connectivity index (χ3v) is 3.62. The largest absolute Gasteiger partial charge is 0.360 e. The monoisotopic (exact) mass is 325 g/mol. The molecule has 0 aliphatic heterocycles. The molecule has 2 rings (SSSR count). The summed E-state index contributed by atoms with van der Waals surface area (Å²) in [7, 11) is 0. The van der Waals surface area contributed by atoms with Gasteiger partial charge in [0.2, 0.25) is 0 Å². The van der Waals surface area contributed by atoms with Crippen LogP contribution in [0, 0.1) is 18.7 Å². The number of carbonyl (C=O) groups excluding carboxylic acids is 1. The van der Waals surface area contributed by atoms with Gasteiger partial charge in [0.05, 0.1) is 10.6 Å². The molecule has 1 aromatic heterocycles. The van der Waals surface area contributed by atoms with Gasteiger partial charge in [-0.1, -0.05) is 29.7 Å². The Kier molecular flexibility index (Phi) is 5.15. The molecule has 5 nitrogen and oxygen atoms in total. The topological polar surface area (TPSA) is 81.2 Å². The van der Waals surface area contributed by atoms with Gasteiger partial charge in [0.25, 0.3) is 5.91 Å². The number of nitrogens with zero attached hydrogens (tertiary/aromatic N) is 1. The van der Waals surface area contributed by atoms with Crippen LogP contribution >= 0.6 is 11.6 Å². The van der Waals surface area contributed by atoms with Crippen molar-refractivity contribution in [3.63, 3.8) is 0 Å². The van der Waals surface area contributed by atoms with Crippen LogP contribution in [0.2, 0.25) is 5.02 Å². The van der Waals surface area contributed by atoms with Crippen LogP contribution in [0.25, 0.3) is 11.3 Å². The fourth-order valence-corrected chi connectivity index (χ4v) is 2.23. The average molecular weight is 326 g/mol. The summed E-state index contributed by atoms with van der Waals surface area (Å²) in [6, 6.07) is 4.27. The summed E-state index contributed by atoms with van der Waals surface area (Å²) in [6.45, 7) is 4.36. The fourth-order valence-electron chi connectivity index (χ4n) is 1.97. The Morgan fingerprint density at radius 3 is 2.91 bits per heavy atom. The van der Waals surface area contributed by atoms with Crippen LogP contribution in [-0.2, 0) is 0 Å². The van der Waals surface area contributed by atoms with E-state index in [1.807, 2.05) is 6.92 Å². The predicted octanol–water partition coefficient (Wildman–Crippen LogP) is 2.77. The summed E-state index contributed by atoms with van der Waals surface area (Å²) in [5.74, 6) is -0.532. The molecule has 7 heteroatoms. The third-order valence-electron chi connectivity index (χ3n) is 3.30. The Balaban J connectivity index is 2.38. The van der Waals surface area contributed by atoms with E-state index in [9.17, 15) is 9.18 Å². The number of hydrogen-bond donors (Lipinski definition) is 2. The number of aromatic nitrogens is 1. The highest BCUT2D eigenvalue weighted by Gasteiger charge is 2.25. The Bertz CT molecular complexity index is 667. The van der Waals surface area contributed by atoms with Gasteiger partial charge >= 0.3 is 0 Å². The van der Waals surface area contributed by atoms with Gasteiger partial charge in [0.15, 0.2) is 0 Å². The smallest absolute Gasteiger partial charge is 0.257 e. The van der Waals surface area contributed by atoms with Crippen LogP contribution in [-0.4, -0.2) is 24.2 Å². The quantitative estimate of drug-likeness (QED) is 0.885. The molecule has 1 heterocycles. The van der Waals surface area contributed by atoms with E-state index >= 15 is 0 Å². The van der Waals surface area contributed by atoms with Crippen molar-refractivity contribution >= 4 is 17.5 Å². The van der Waals surface area contributed by atoms with Gasteiger partial charge in [-0.15, -0.1) is 0 Å². The van der Waals surface area contributed by atoms with Gasteiger partial charge in [-0.05, 0) is 31.5 Å². The fraction of sp³-hybridized carbons (Fsp3) is 0.333. The molecule has 0 aliphatic carbocycles. The summed E-state index contributed by atoms with van der Waals surface area (Å²) in [6.07, 6.45) is 0. The highest BCUT2D eigenvalue weighted by atomic mass is 35.5. The number of benzene rings is 1. The van der Waals surface area contributed by atoms with Crippen LogP contribution in [0.4, 0.5) is 4.39 Å². The number of aryl methyl sites for hydroxylation is 1. The molecule has 0 fully saturated rings. The Morgan fingerprint density at radius 2 is 2.27 bits per heavy atom. The molecule has 0 saturated carbocycles. The molecular weight excluding hydrogens is 309 g/mol. The van der Waals surface area contributed by atoms with E-state index in [0.29, 0.717) is 18.8 Å². The number of halogens is 2. The lowest BCUT2D eigenvalue weighted by Gasteiger charge is -2.10. The standard InChI is InChI=1S/C15H17ClFN3O2/c1-8(6-18)7-19-15(21)12-9(2)22-20-14(12)13-10(16)4-3-5-11(13)17/h3-5,8H,6-7,18H2,1-2H3,(H,19,21). The van der Waals surface area contributed by atoms with Gasteiger partial charge in [-0.3, -0.25) is 4.79 Å². The number of nitrogens with two attached hydrogens (primary N) is 1. The van der Waals surface area contributed by atoms with Crippen molar-refractivity contribution in [2.45, 2.75) is 13.8 Å². The van der Waals surface area contributed by atoms with E-state index in [1.165, 1.54) is 18.2 Å². The van der Waals surface area contributed by atoms with E-state index in [2.05, 4.69) is 10.5 Å². The van der Waals surface area contributed by atoms with Crippen LogP contribution < -0.4 is 11.1 Å². The molecule has 22 heavy (non-hydrogen) atoms. The Morgan fingerprint density at radius 1 is 1.55 bits per heavy atom. The van der Waals surface area contributed by atoms with Crippen LogP contribution in [0.1, 0.15) is 23.0 Å². The highest BCUT2D eigenvalue weighted by molar-refractivity contribution is 6.33. The molecule has 3 N–H and O–H groups in total. The van der Waals surface area contributed by atoms with Gasteiger partial charge in [-0.25, -0.2) is 4.39 Å². The van der Waals surface area contributed by atoms with E-state index in [-0.39, 0.29) is 27.8 Å². The molecule has 1 unspecified atom stereocenters. The summed E-state index contributed by atoms with van der Waals surface area (Å²) >= 11 is 6.03. The maximum atomic E-state index is 14.0. The van der Waals surface area contributed by atoms with Crippen molar-refractivity contribution in [2.24, 2.45) is 11.7 Å². The number of hydrogen-bond acceptors (Lipinski definition) is 4. The van der Waals surface area contributed by atoms with Crippen molar-refractivity contribution in [3.8, 4) is 11.3 Å². The third kappa shape index (κ3) is 3.28. The van der Waals surface area contributed by atoms with Gasteiger partial charge < -0.3 is 15.6 Å². The normalized spacial score (nSPS) is 12.2. The molecule has 0 bridgehead atoms. The Labute approximate surface area is 132 Å². The van der Waals surface area contributed by atoms with Crippen molar-refractivity contribution in [2.75, 3.05) is 13.1 Å². The number of rotatable bonds is 5. The molecule has 1 atom stereocenters. The lowest BCUT2D eigenvalue weighted by atomic mass is 10.0. The zero-order valence-electron chi connectivity index (χ0n) is 12.3. The maximum absolute atomic E-state index is 14.0. The van der Waals surface area contributed by atoms with Crippen LogP contribution in [0.15, 0.2) is 22.7 Å². The van der Waals surface area contributed by atoms with Crippen molar-refractivity contribution < 1.29 is 13.7 Å². The summed E-state index contributed by atoms with van der Waals surface area (Å²) in [5, 5.41) is 6.70. The van der Waals surface area contributed by atoms with E-state index in [1.54, 1.807) is 6.92 Å². The van der Waals surface area contributed by atoms with Gasteiger partial charge in [0.1, 0.15) is 22.8 Å². The first-order valence-electron chi connectivity index (χ1n) is 6.84. The lowest BCUT2D eigenvalue weighted by molar-refractivity contribution is 0.0947. The first-order chi connectivity index (χ1) is 10.5. The van der Waals surface area contributed by atoms with Gasteiger partial charge in [0, 0.05) is 6.54 Å². The SMILES string of the molecule is Cc1onc(-c2c(F)cccc2Cl)c1C(=O)NCC(C)CN. The number of carbonyl (C=O) groups is 1. The summed E-state index contributed by atoms with van der Waals surface area (Å²) < 4.78 is 19.1. The minimum Gasteiger partial charge on any atom is -0.360 e. The highest BCUT2D eigenvalue weighted by Crippen LogP contribution is 2.33. The second-order valence-corrected chi connectivity index (χ2v) is 5.52. The average Bonchev–Trinajstić information content (AvgIpc) is 2.86. The minimum atomic E-state index is -0.565. The van der Waals surface area contributed by atoms with Crippen LogP contribution in [0.5, 0.6) is 0 Å². The van der Waals surface area contributed by atoms with E-state index in [0.717, 1.165) is 0 Å². The second-order valence-electron chi connectivity index (χ2n) is 5.11. The molecule has 1 aromatic carbocycles. The van der Waals surface area contributed by atoms with E-state index < -0.39 is 11.7 Å². The van der Waals surface area contributed by atoms with Crippen molar-refractivity contribution in [3.05, 3.63) is 40.4 Å². The zero-order chi connectivity index (χ0) is 16.3. The lowest BCUT2D eigenvalue weighted by Crippen LogP contribution is -2.31. The first-order valence-corrected chi connectivity index (χ1v) is 7.22. The Hall–Kier alpha value is -1.92. The second kappa shape index (κ2) is 6.89. The summed E-state index contributed by atoms with van der Waals surface area (Å²) in [4.78, 5) is 12.3. The molecule has 0 aliphatic rings. The predicted molar refractivity (Wildman–Crippen MR) is 82.2 cm³/mol. The molecule has 0 spiro atoms. The van der Waals surface area contributed by atoms with Crippen molar-refractivity contribution in [1.29, 1.82) is 0 Å². The molecular formula is C15H17ClFN3O2. The molecule has 1 amide bonds. The molecule has 118 valence electrons. The van der Waals surface area contributed by atoms with E-state index in [4.69, 9.17) is 21.9 Å². The molecule has 2 aromatic rings. The van der Waals surface area contributed by atoms with Gasteiger partial charge in [-0.2, -0.15) is 0 Å². The van der Waals surface area contributed by atoms with Crippen LogP contribution in [0.3, 0.4) is 0 Å². The number of amides is 1. The van der Waals surface area contributed by atoms with Crippen molar-refractivity contribution in [1.82, 2.24) is 10.5 Å². The molecule has 0 saturated heterocycles. The maximum Gasteiger partial charge on any atom is 0.257 e. The first kappa shape index (κ1) is 16.5. The number of nitrogens with one attached hydrogen (secondary N) is 1. The zero-order valence-corrected chi connectivity index (χ0v) is 13.1. The summed E-state index contributed by atoms with van der Waals surface area (Å²) in [5.41, 5.74) is 5.84. The minimum absolute atomic E-state index is 0.0537.